The maximum absolute atomic E-state index is 14.0. The first-order valence-corrected chi connectivity index (χ1v) is 14.9. The number of halogens is 2. The maximum atomic E-state index is 14.0. The Morgan fingerprint density at radius 3 is 2.51 bits per heavy atom. The van der Waals surface area contributed by atoms with Crippen molar-refractivity contribution < 1.29 is 23.7 Å². The lowest BCUT2D eigenvalue weighted by Crippen LogP contribution is -2.40. The third-order valence-corrected chi connectivity index (χ3v) is 8.50. The van der Waals surface area contributed by atoms with Gasteiger partial charge in [-0.2, -0.15) is 0 Å². The van der Waals surface area contributed by atoms with Gasteiger partial charge < -0.3 is 18.9 Å². The van der Waals surface area contributed by atoms with Gasteiger partial charge in [0.2, 0.25) is 0 Å². The first-order chi connectivity index (χ1) is 18.7. The average Bonchev–Trinajstić information content (AvgIpc) is 3.21. The minimum Gasteiger partial charge on any atom is -0.497 e. The molecule has 1 aromatic heterocycles. The first-order valence-electron chi connectivity index (χ1n) is 11.9. The highest BCUT2D eigenvalue weighted by atomic mass is 127. The van der Waals surface area contributed by atoms with E-state index in [1.807, 2.05) is 18.2 Å². The molecule has 2 aromatic carbocycles. The molecule has 0 fully saturated rings. The molecule has 1 atom stereocenters. The van der Waals surface area contributed by atoms with Gasteiger partial charge in [0.1, 0.15) is 29.9 Å². The number of allylic oxidation sites excluding steroid dienone is 1. The third kappa shape index (κ3) is 5.94. The van der Waals surface area contributed by atoms with Gasteiger partial charge in [-0.15, -0.1) is 0 Å². The molecule has 2 heterocycles. The zero-order valence-corrected chi connectivity index (χ0v) is 26.9. The van der Waals surface area contributed by atoms with E-state index in [1.165, 1.54) is 15.9 Å². The fourth-order valence-electron chi connectivity index (χ4n) is 4.23. The van der Waals surface area contributed by atoms with E-state index in [0.29, 0.717) is 38.7 Å². The van der Waals surface area contributed by atoms with E-state index < -0.39 is 12.0 Å². The summed E-state index contributed by atoms with van der Waals surface area (Å²) in [6, 6.07) is 8.38. The summed E-state index contributed by atoms with van der Waals surface area (Å²) in [5.41, 5.74) is 1.91. The molecule has 0 unspecified atom stereocenters. The lowest BCUT2D eigenvalue weighted by Gasteiger charge is -2.26. The number of carbonyl (C=O) groups excluding carboxylic acids is 1. The molecule has 1 aliphatic rings. The number of esters is 1. The number of hydrogen-bond acceptors (Lipinski definition) is 8. The predicted molar refractivity (Wildman–Crippen MR) is 168 cm³/mol. The second-order valence-electron chi connectivity index (χ2n) is 8.32. The lowest BCUT2D eigenvalue weighted by atomic mass is 9.94. The molecule has 8 nitrogen and oxygen atoms in total. The van der Waals surface area contributed by atoms with Crippen molar-refractivity contribution in [1.29, 1.82) is 0 Å². The van der Waals surface area contributed by atoms with Crippen molar-refractivity contribution in [1.82, 2.24) is 4.57 Å². The van der Waals surface area contributed by atoms with Gasteiger partial charge in [-0.05, 0) is 101 Å². The summed E-state index contributed by atoms with van der Waals surface area (Å²) in [5.74, 6) is 1.30. The van der Waals surface area contributed by atoms with Crippen LogP contribution in [0.2, 0.25) is 0 Å². The molecule has 11 heteroatoms. The number of fused-ring (bicyclic) bond motifs is 1. The van der Waals surface area contributed by atoms with Gasteiger partial charge in [0, 0.05) is 5.56 Å². The number of hydrogen-bond donors (Lipinski definition) is 0. The molecule has 0 saturated heterocycles. The molecule has 39 heavy (non-hydrogen) atoms. The zero-order valence-electron chi connectivity index (χ0n) is 21.7. The summed E-state index contributed by atoms with van der Waals surface area (Å²) < 4.78 is 26.1. The van der Waals surface area contributed by atoms with Crippen LogP contribution in [0.4, 0.5) is 0 Å². The second-order valence-corrected chi connectivity index (χ2v) is 11.7. The minimum atomic E-state index is -0.817. The van der Waals surface area contributed by atoms with Crippen molar-refractivity contribution in [3.05, 3.63) is 92.2 Å². The summed E-state index contributed by atoms with van der Waals surface area (Å²) in [5, 5.41) is 0. The summed E-state index contributed by atoms with van der Waals surface area (Å²) in [7, 11) is 3.10. The Kier molecular flexibility index (Phi) is 9.54. The van der Waals surface area contributed by atoms with Crippen molar-refractivity contribution in [3.63, 3.8) is 0 Å². The molecule has 0 saturated carbocycles. The van der Waals surface area contributed by atoms with E-state index in [4.69, 9.17) is 18.9 Å². The molecule has 0 aliphatic carbocycles. The number of benzene rings is 2. The Bertz CT molecular complexity index is 1630. The number of nitrogens with zero attached hydrogens (tertiary/aromatic N) is 2. The van der Waals surface area contributed by atoms with Gasteiger partial charge in [0.15, 0.2) is 4.80 Å². The average molecular weight is 772 g/mol. The van der Waals surface area contributed by atoms with E-state index >= 15 is 0 Å². The Hall–Kier alpha value is -2.65. The Labute approximate surface area is 256 Å². The fourth-order valence-corrected chi connectivity index (χ4v) is 7.41. The van der Waals surface area contributed by atoms with Gasteiger partial charge >= 0.3 is 5.97 Å². The van der Waals surface area contributed by atoms with Crippen LogP contribution in [0.15, 0.2) is 64.0 Å². The van der Waals surface area contributed by atoms with Crippen molar-refractivity contribution in [3.8, 4) is 17.2 Å². The van der Waals surface area contributed by atoms with Crippen LogP contribution in [0.5, 0.6) is 17.2 Å². The van der Waals surface area contributed by atoms with Crippen LogP contribution in [0.3, 0.4) is 0 Å². The Balaban J connectivity index is 1.95. The molecule has 0 amide bonds. The second kappa shape index (κ2) is 12.7. The zero-order chi connectivity index (χ0) is 28.3. The van der Waals surface area contributed by atoms with Crippen molar-refractivity contribution in [2.75, 3.05) is 27.4 Å². The molecule has 1 aliphatic heterocycles. The minimum absolute atomic E-state index is 0.186. The standard InChI is InChI=1S/C28H26I2N2O6S/c1-6-10-38-25-19(29)11-16(12-20(25)30)13-22-26(33)32-24(18-14-17(35-4)8-9-21(18)36-5)23(27(34)37-7-2)15(3)31-28(32)39-22/h6,8-9,11-14,24H,1,7,10H2,2-5H3/b22-13+/t24-/m1/s1. The number of methoxy groups -OCH3 is 2. The maximum Gasteiger partial charge on any atom is 0.338 e. The molecule has 0 radical (unpaired) electrons. The van der Waals surface area contributed by atoms with Crippen LogP contribution >= 0.6 is 56.5 Å². The van der Waals surface area contributed by atoms with Gasteiger partial charge in [0.25, 0.3) is 5.56 Å². The molecule has 4 rings (SSSR count). The van der Waals surface area contributed by atoms with Crippen molar-refractivity contribution in [2.45, 2.75) is 19.9 Å². The van der Waals surface area contributed by atoms with Crippen LogP contribution in [0.25, 0.3) is 6.08 Å². The monoisotopic (exact) mass is 772 g/mol. The third-order valence-electron chi connectivity index (χ3n) is 5.91. The highest BCUT2D eigenvalue weighted by Gasteiger charge is 2.35. The Morgan fingerprint density at radius 2 is 1.90 bits per heavy atom. The fraction of sp³-hybridized carbons (Fsp3) is 0.250. The summed E-state index contributed by atoms with van der Waals surface area (Å²) in [6.07, 6.45) is 3.52. The topological polar surface area (TPSA) is 88.3 Å². The number of aromatic nitrogens is 1. The summed E-state index contributed by atoms with van der Waals surface area (Å²) >= 11 is 5.70. The lowest BCUT2D eigenvalue weighted by molar-refractivity contribution is -0.139. The largest absolute Gasteiger partial charge is 0.497 e. The number of ether oxygens (including phenoxy) is 4. The van der Waals surface area contributed by atoms with E-state index in [2.05, 4.69) is 56.8 Å². The number of carbonyl (C=O) groups is 1. The van der Waals surface area contributed by atoms with Gasteiger partial charge in [-0.25, -0.2) is 9.79 Å². The highest BCUT2D eigenvalue weighted by molar-refractivity contribution is 14.1. The summed E-state index contributed by atoms with van der Waals surface area (Å²) in [6.45, 7) is 7.77. The molecule has 0 spiro atoms. The van der Waals surface area contributed by atoms with Crippen LogP contribution in [-0.4, -0.2) is 38.0 Å². The van der Waals surface area contributed by atoms with Crippen molar-refractivity contribution in [2.24, 2.45) is 4.99 Å². The quantitative estimate of drug-likeness (QED) is 0.180. The predicted octanol–water partition coefficient (Wildman–Crippen LogP) is 4.59. The molecule has 204 valence electrons. The van der Waals surface area contributed by atoms with E-state index in [9.17, 15) is 9.59 Å². The van der Waals surface area contributed by atoms with Gasteiger partial charge in [-0.1, -0.05) is 24.0 Å². The first kappa shape index (κ1) is 29.3. The normalized spacial score (nSPS) is 14.9. The van der Waals surface area contributed by atoms with E-state index in [1.54, 1.807) is 52.3 Å². The highest BCUT2D eigenvalue weighted by Crippen LogP contribution is 2.38. The molecule has 0 bridgehead atoms. The van der Waals surface area contributed by atoms with Crippen molar-refractivity contribution >= 4 is 68.6 Å². The van der Waals surface area contributed by atoms with Crippen LogP contribution < -0.4 is 29.1 Å². The summed E-state index contributed by atoms with van der Waals surface area (Å²) in [4.78, 5) is 32.3. The van der Waals surface area contributed by atoms with E-state index in [-0.39, 0.29) is 17.7 Å². The number of thiazole rings is 1. The smallest absolute Gasteiger partial charge is 0.338 e. The number of rotatable bonds is 9. The molecule has 0 N–H and O–H groups in total. The van der Waals surface area contributed by atoms with E-state index in [0.717, 1.165) is 18.5 Å². The van der Waals surface area contributed by atoms with Gasteiger partial charge in [-0.3, -0.25) is 9.36 Å². The Morgan fingerprint density at radius 1 is 1.18 bits per heavy atom. The SMILES string of the molecule is C=CCOc1c(I)cc(/C=c2/sc3n(c2=O)[C@H](c2cc(OC)ccc2OC)C(C(=O)OCC)=C(C)N=3)cc1I. The van der Waals surface area contributed by atoms with Crippen LogP contribution in [-0.2, 0) is 9.53 Å². The van der Waals surface area contributed by atoms with Gasteiger partial charge in [0.05, 0.1) is 43.8 Å². The molecular weight excluding hydrogens is 746 g/mol. The van der Waals surface area contributed by atoms with Crippen LogP contribution in [0, 0.1) is 7.14 Å². The van der Waals surface area contributed by atoms with Crippen LogP contribution in [0.1, 0.15) is 31.0 Å². The molecule has 3 aromatic rings. The molecular formula is C28H26I2N2O6S.